The number of nitrogens with zero attached hydrogens (tertiary/aromatic N) is 4. The molecule has 2 aromatic carbocycles. The minimum Gasteiger partial charge on any atom is -0.345 e. The molecule has 0 aliphatic carbocycles. The first-order chi connectivity index (χ1) is 15.5. The van der Waals surface area contributed by atoms with Crippen molar-refractivity contribution in [2.75, 3.05) is 0 Å². The van der Waals surface area contributed by atoms with Crippen LogP contribution in [0, 0.1) is 0 Å². The Labute approximate surface area is 192 Å². The molecule has 0 spiro atoms. The molecule has 4 rings (SSSR count). The number of carbonyl (C=O) groups is 1. The van der Waals surface area contributed by atoms with Crippen LogP contribution in [0.25, 0.3) is 17.0 Å². The molecule has 0 radical (unpaired) electrons. The summed E-state index contributed by atoms with van der Waals surface area (Å²) in [5, 5.41) is 12.9. The summed E-state index contributed by atoms with van der Waals surface area (Å²) in [6.07, 6.45) is 3.09. The van der Waals surface area contributed by atoms with Gasteiger partial charge in [-0.1, -0.05) is 53.7 Å². The molecule has 0 aliphatic rings. The van der Waals surface area contributed by atoms with Gasteiger partial charge in [-0.05, 0) is 29.8 Å². The smallest absolute Gasteiger partial charge is 0.258 e. The Morgan fingerprint density at radius 1 is 1.19 bits per heavy atom. The minimum absolute atomic E-state index is 0.169. The fraction of sp³-hybridized carbons (Fsp3) is 0.136. The van der Waals surface area contributed by atoms with Crippen molar-refractivity contribution in [1.82, 2.24) is 30.0 Å². The van der Waals surface area contributed by atoms with E-state index >= 15 is 0 Å². The molecule has 2 heterocycles. The van der Waals surface area contributed by atoms with Crippen LogP contribution in [-0.4, -0.2) is 30.6 Å². The lowest BCUT2D eigenvalue weighted by Gasteiger charge is -2.05. The number of hydrogen-bond acceptors (Lipinski definition) is 6. The molecule has 162 valence electrons. The summed E-state index contributed by atoms with van der Waals surface area (Å²) in [7, 11) is 1.82. The van der Waals surface area contributed by atoms with Crippen LogP contribution in [-0.2, 0) is 24.1 Å². The van der Waals surface area contributed by atoms with Crippen LogP contribution in [0.4, 0.5) is 0 Å². The number of rotatable bonds is 7. The predicted molar refractivity (Wildman–Crippen MR) is 125 cm³/mol. The van der Waals surface area contributed by atoms with Crippen molar-refractivity contribution in [2.45, 2.75) is 17.5 Å². The number of aromatic amines is 1. The number of aromatic nitrogens is 5. The number of thioether (sulfide) groups is 1. The molecule has 0 fully saturated rings. The average Bonchev–Trinajstić information content (AvgIpc) is 3.15. The summed E-state index contributed by atoms with van der Waals surface area (Å²) in [5.41, 5.74) is 1.25. The molecule has 4 aromatic rings. The van der Waals surface area contributed by atoms with Crippen LogP contribution in [0.1, 0.15) is 17.2 Å². The van der Waals surface area contributed by atoms with E-state index in [2.05, 4.69) is 25.5 Å². The van der Waals surface area contributed by atoms with Crippen LogP contribution in [0.2, 0.25) is 5.02 Å². The first-order valence-electron chi connectivity index (χ1n) is 9.70. The van der Waals surface area contributed by atoms with E-state index in [1.165, 1.54) is 17.8 Å². The molecule has 0 atom stereocenters. The molecule has 0 bridgehead atoms. The topological polar surface area (TPSA) is 106 Å². The second-order valence-electron chi connectivity index (χ2n) is 6.85. The zero-order chi connectivity index (χ0) is 22.5. The van der Waals surface area contributed by atoms with Gasteiger partial charge in [0.2, 0.25) is 5.91 Å². The van der Waals surface area contributed by atoms with Crippen molar-refractivity contribution in [3.8, 4) is 0 Å². The van der Waals surface area contributed by atoms with Gasteiger partial charge in [0, 0.05) is 18.1 Å². The van der Waals surface area contributed by atoms with Gasteiger partial charge in [-0.25, -0.2) is 4.98 Å². The van der Waals surface area contributed by atoms with E-state index < -0.39 is 0 Å². The van der Waals surface area contributed by atoms with Crippen LogP contribution >= 0.6 is 23.4 Å². The molecule has 0 aliphatic heterocycles. The first-order valence-corrected chi connectivity index (χ1v) is 11.1. The number of hydrogen-bond donors (Lipinski definition) is 2. The molecular weight excluding hydrogens is 448 g/mol. The van der Waals surface area contributed by atoms with E-state index in [1.54, 1.807) is 28.8 Å². The Hall–Kier alpha value is -3.43. The molecule has 0 unspecified atom stereocenters. The van der Waals surface area contributed by atoms with Gasteiger partial charge in [0.1, 0.15) is 5.82 Å². The van der Waals surface area contributed by atoms with Gasteiger partial charge >= 0.3 is 0 Å². The number of benzene rings is 2. The lowest BCUT2D eigenvalue weighted by Crippen LogP contribution is -2.22. The summed E-state index contributed by atoms with van der Waals surface area (Å²) in [6, 6.07) is 14.5. The summed E-state index contributed by atoms with van der Waals surface area (Å²) in [6.45, 7) is 0.223. The molecular formula is C22H19ClN6O2S. The maximum atomic E-state index is 12.2. The van der Waals surface area contributed by atoms with Crippen molar-refractivity contribution in [2.24, 2.45) is 7.05 Å². The quantitative estimate of drug-likeness (QED) is 0.319. The third-order valence-corrected chi connectivity index (χ3v) is 6.04. The second-order valence-corrected chi connectivity index (χ2v) is 8.20. The van der Waals surface area contributed by atoms with Gasteiger partial charge in [0.25, 0.3) is 5.56 Å². The highest BCUT2D eigenvalue weighted by Gasteiger charge is 2.11. The number of amides is 1. The highest BCUT2D eigenvalue weighted by atomic mass is 35.5. The number of fused-ring (bicyclic) bond motifs is 1. The monoisotopic (exact) mass is 466 g/mol. The first kappa shape index (κ1) is 21.8. The van der Waals surface area contributed by atoms with Crippen molar-refractivity contribution < 1.29 is 4.79 Å². The zero-order valence-corrected chi connectivity index (χ0v) is 18.7. The van der Waals surface area contributed by atoms with Gasteiger partial charge < -0.3 is 14.9 Å². The highest BCUT2D eigenvalue weighted by molar-refractivity contribution is 7.98. The van der Waals surface area contributed by atoms with Crippen molar-refractivity contribution in [3.63, 3.8) is 0 Å². The van der Waals surface area contributed by atoms with Crippen LogP contribution in [0.3, 0.4) is 0 Å². The molecule has 0 saturated carbocycles. The lowest BCUT2D eigenvalue weighted by molar-refractivity contribution is -0.116. The van der Waals surface area contributed by atoms with Crippen molar-refractivity contribution in [1.29, 1.82) is 0 Å². The Balaban J connectivity index is 1.36. The largest absolute Gasteiger partial charge is 0.345 e. The minimum atomic E-state index is -0.264. The predicted octanol–water partition coefficient (Wildman–Crippen LogP) is 3.33. The van der Waals surface area contributed by atoms with E-state index in [9.17, 15) is 9.59 Å². The third kappa shape index (κ3) is 5.06. The summed E-state index contributed by atoms with van der Waals surface area (Å²) in [4.78, 5) is 31.6. The highest BCUT2D eigenvalue weighted by Crippen LogP contribution is 2.20. The van der Waals surface area contributed by atoms with Crippen molar-refractivity contribution in [3.05, 3.63) is 87.2 Å². The second kappa shape index (κ2) is 9.80. The molecule has 1 amide bonds. The SMILES string of the molecule is Cn1c(CNC(=O)/C=C/c2ccccc2Cl)nnc1SCc1nc2ccccc2c(=O)[nH]1. The number of H-pyrrole nitrogens is 1. The number of nitrogens with one attached hydrogen (secondary N) is 2. The van der Waals surface area contributed by atoms with E-state index in [4.69, 9.17) is 11.6 Å². The maximum absolute atomic E-state index is 12.2. The van der Waals surface area contributed by atoms with Gasteiger partial charge in [-0.15, -0.1) is 10.2 Å². The van der Waals surface area contributed by atoms with E-state index in [0.29, 0.717) is 38.5 Å². The van der Waals surface area contributed by atoms with Gasteiger partial charge in [0.15, 0.2) is 11.0 Å². The third-order valence-electron chi connectivity index (χ3n) is 4.67. The van der Waals surface area contributed by atoms with E-state index in [1.807, 2.05) is 37.4 Å². The zero-order valence-electron chi connectivity index (χ0n) is 17.1. The number of para-hydroxylation sites is 1. The van der Waals surface area contributed by atoms with Crippen LogP contribution < -0.4 is 10.9 Å². The van der Waals surface area contributed by atoms with E-state index in [-0.39, 0.29) is 18.0 Å². The van der Waals surface area contributed by atoms with Gasteiger partial charge in [-0.3, -0.25) is 9.59 Å². The average molecular weight is 467 g/mol. The lowest BCUT2D eigenvalue weighted by atomic mass is 10.2. The molecule has 2 N–H and O–H groups in total. The van der Waals surface area contributed by atoms with E-state index in [0.717, 1.165) is 5.56 Å². The molecule has 8 nitrogen and oxygen atoms in total. The number of carbonyl (C=O) groups excluding carboxylic acids is 1. The number of halogens is 1. The molecule has 10 heteroatoms. The Bertz CT molecular complexity index is 1360. The molecule has 0 saturated heterocycles. The Kier molecular flexibility index (Phi) is 6.67. The normalized spacial score (nSPS) is 11.3. The standard InChI is InChI=1S/C22H19ClN6O2S/c1-29-19(12-24-20(30)11-10-14-6-2-4-8-16(14)23)27-28-22(29)32-13-18-25-17-9-5-3-7-15(17)21(31)26-18/h2-11H,12-13H2,1H3,(H,24,30)(H,25,26,31)/b11-10+. The summed E-state index contributed by atoms with van der Waals surface area (Å²) in [5.74, 6) is 1.33. The van der Waals surface area contributed by atoms with Gasteiger partial charge in [-0.2, -0.15) is 0 Å². The summed E-state index contributed by atoms with van der Waals surface area (Å²) < 4.78 is 1.79. The van der Waals surface area contributed by atoms with Crippen LogP contribution in [0.5, 0.6) is 0 Å². The summed E-state index contributed by atoms with van der Waals surface area (Å²) >= 11 is 7.48. The fourth-order valence-corrected chi connectivity index (χ4v) is 3.96. The maximum Gasteiger partial charge on any atom is 0.258 e. The van der Waals surface area contributed by atoms with Crippen molar-refractivity contribution >= 4 is 46.2 Å². The van der Waals surface area contributed by atoms with Gasteiger partial charge in [0.05, 0.1) is 23.2 Å². The fourth-order valence-electron chi connectivity index (χ4n) is 2.96. The molecule has 32 heavy (non-hydrogen) atoms. The Morgan fingerprint density at radius 3 is 2.81 bits per heavy atom. The Morgan fingerprint density at radius 2 is 1.97 bits per heavy atom. The van der Waals surface area contributed by atoms with Crippen LogP contribution in [0.15, 0.2) is 64.6 Å². The molecule has 2 aromatic heterocycles.